The Balaban J connectivity index is 2.34. The molecule has 1 aromatic heterocycles. The van der Waals surface area contributed by atoms with Crippen molar-refractivity contribution in [2.75, 3.05) is 6.61 Å². The minimum atomic E-state index is 0.542. The molecular formula is C16H13N3OS. The third-order valence-corrected chi connectivity index (χ3v) is 3.53. The molecule has 0 fully saturated rings. The highest BCUT2D eigenvalue weighted by atomic mass is 32.1. The normalized spacial score (nSPS) is 10.5. The van der Waals surface area contributed by atoms with Gasteiger partial charge in [-0.1, -0.05) is 18.2 Å². The number of benzene rings is 2. The van der Waals surface area contributed by atoms with Crippen LogP contribution in [-0.2, 0) is 0 Å². The molecule has 3 rings (SSSR count). The molecule has 0 saturated carbocycles. The molecule has 2 aromatic carbocycles. The summed E-state index contributed by atoms with van der Waals surface area (Å²) in [4.78, 5) is 3.17. The molecule has 0 spiro atoms. The molecule has 0 atom stereocenters. The highest BCUT2D eigenvalue weighted by Crippen LogP contribution is 2.28. The average Bonchev–Trinajstić information content (AvgIpc) is 2.84. The van der Waals surface area contributed by atoms with E-state index in [-0.39, 0.29) is 0 Å². The summed E-state index contributed by atoms with van der Waals surface area (Å²) in [7, 11) is 0. The van der Waals surface area contributed by atoms with Gasteiger partial charge in [-0.2, -0.15) is 5.26 Å². The summed E-state index contributed by atoms with van der Waals surface area (Å²) in [6, 6.07) is 15.4. The van der Waals surface area contributed by atoms with Gasteiger partial charge in [-0.25, -0.2) is 0 Å². The van der Waals surface area contributed by atoms with E-state index in [1.54, 1.807) is 6.07 Å². The quantitative estimate of drug-likeness (QED) is 0.744. The van der Waals surface area contributed by atoms with E-state index in [0.717, 1.165) is 22.5 Å². The van der Waals surface area contributed by atoms with Gasteiger partial charge >= 0.3 is 0 Å². The Labute approximate surface area is 127 Å². The molecule has 0 unspecified atom stereocenters. The number of hydrogen-bond acceptors (Lipinski definition) is 3. The topological polar surface area (TPSA) is 53.7 Å². The van der Waals surface area contributed by atoms with E-state index in [0.29, 0.717) is 16.9 Å². The van der Waals surface area contributed by atoms with Gasteiger partial charge in [-0.3, -0.25) is 4.57 Å². The van der Waals surface area contributed by atoms with Gasteiger partial charge in [0, 0.05) is 0 Å². The Morgan fingerprint density at radius 2 is 2.05 bits per heavy atom. The third kappa shape index (κ3) is 2.20. The van der Waals surface area contributed by atoms with E-state index in [1.165, 1.54) is 0 Å². The molecule has 1 heterocycles. The van der Waals surface area contributed by atoms with Crippen molar-refractivity contribution in [2.45, 2.75) is 6.92 Å². The largest absolute Gasteiger partial charge is 0.492 e. The number of aromatic amines is 1. The number of imidazole rings is 1. The number of nitrogens with zero attached hydrogens (tertiary/aromatic N) is 2. The second-order valence-corrected chi connectivity index (χ2v) is 4.86. The molecule has 3 aromatic rings. The second kappa shape index (κ2) is 5.43. The van der Waals surface area contributed by atoms with Crippen molar-refractivity contribution in [3.8, 4) is 17.5 Å². The zero-order valence-electron chi connectivity index (χ0n) is 11.5. The van der Waals surface area contributed by atoms with Crippen molar-refractivity contribution in [1.82, 2.24) is 9.55 Å². The predicted molar refractivity (Wildman–Crippen MR) is 84.3 cm³/mol. The van der Waals surface area contributed by atoms with Gasteiger partial charge in [-0.15, -0.1) is 0 Å². The summed E-state index contributed by atoms with van der Waals surface area (Å²) < 4.78 is 8.03. The number of para-hydroxylation sites is 2. The van der Waals surface area contributed by atoms with Crippen LogP contribution >= 0.6 is 12.2 Å². The first-order chi connectivity index (χ1) is 10.3. The zero-order chi connectivity index (χ0) is 14.8. The highest BCUT2D eigenvalue weighted by molar-refractivity contribution is 7.71. The molecule has 5 heteroatoms. The first kappa shape index (κ1) is 13.4. The van der Waals surface area contributed by atoms with Crippen molar-refractivity contribution in [1.29, 1.82) is 5.26 Å². The highest BCUT2D eigenvalue weighted by Gasteiger charge is 2.12. The number of nitrogens with one attached hydrogen (secondary N) is 1. The van der Waals surface area contributed by atoms with Gasteiger partial charge < -0.3 is 9.72 Å². The Morgan fingerprint density at radius 1 is 1.24 bits per heavy atom. The van der Waals surface area contributed by atoms with Crippen molar-refractivity contribution in [3.63, 3.8) is 0 Å². The van der Waals surface area contributed by atoms with Gasteiger partial charge in [0.05, 0.1) is 23.4 Å². The van der Waals surface area contributed by atoms with E-state index < -0.39 is 0 Å². The Kier molecular flexibility index (Phi) is 3.46. The summed E-state index contributed by atoms with van der Waals surface area (Å²) in [6.45, 7) is 2.52. The van der Waals surface area contributed by atoms with Crippen LogP contribution in [0.25, 0.3) is 16.7 Å². The molecule has 0 aliphatic carbocycles. The molecule has 0 radical (unpaired) electrons. The number of fused-ring (bicyclic) bond motifs is 1. The van der Waals surface area contributed by atoms with Crippen LogP contribution in [0.15, 0.2) is 42.5 Å². The van der Waals surface area contributed by atoms with Gasteiger partial charge in [0.2, 0.25) is 0 Å². The predicted octanol–water partition coefficient (Wildman–Crippen LogP) is 3.96. The second-order valence-electron chi connectivity index (χ2n) is 4.48. The van der Waals surface area contributed by atoms with E-state index >= 15 is 0 Å². The van der Waals surface area contributed by atoms with Crippen LogP contribution in [0.2, 0.25) is 0 Å². The van der Waals surface area contributed by atoms with E-state index in [9.17, 15) is 5.26 Å². The molecule has 0 amide bonds. The molecular weight excluding hydrogens is 282 g/mol. The number of hydrogen-bond donors (Lipinski definition) is 1. The first-order valence-corrected chi connectivity index (χ1v) is 7.03. The lowest BCUT2D eigenvalue weighted by Crippen LogP contribution is -1.97. The molecule has 0 aliphatic rings. The monoisotopic (exact) mass is 295 g/mol. The van der Waals surface area contributed by atoms with Gasteiger partial charge in [0.1, 0.15) is 17.3 Å². The Morgan fingerprint density at radius 3 is 2.81 bits per heavy atom. The summed E-state index contributed by atoms with van der Waals surface area (Å²) >= 11 is 5.43. The minimum Gasteiger partial charge on any atom is -0.492 e. The van der Waals surface area contributed by atoms with Crippen molar-refractivity contribution < 1.29 is 4.74 Å². The fourth-order valence-electron chi connectivity index (χ4n) is 2.38. The molecule has 1 N–H and O–H groups in total. The maximum atomic E-state index is 9.29. The van der Waals surface area contributed by atoms with Crippen LogP contribution < -0.4 is 4.74 Å². The number of rotatable bonds is 3. The minimum absolute atomic E-state index is 0.542. The molecule has 0 bridgehead atoms. The average molecular weight is 295 g/mol. The van der Waals surface area contributed by atoms with Crippen LogP contribution in [0.4, 0.5) is 0 Å². The van der Waals surface area contributed by atoms with Gasteiger partial charge in [-0.05, 0) is 43.4 Å². The van der Waals surface area contributed by atoms with Crippen molar-refractivity contribution >= 4 is 23.3 Å². The molecule has 21 heavy (non-hydrogen) atoms. The van der Waals surface area contributed by atoms with Gasteiger partial charge in [0.15, 0.2) is 4.77 Å². The van der Waals surface area contributed by atoms with Crippen LogP contribution in [0.5, 0.6) is 5.75 Å². The first-order valence-electron chi connectivity index (χ1n) is 6.62. The summed E-state index contributed by atoms with van der Waals surface area (Å²) in [6.07, 6.45) is 0. The van der Waals surface area contributed by atoms with E-state index in [4.69, 9.17) is 17.0 Å². The number of nitriles is 1. The molecule has 0 saturated heterocycles. The van der Waals surface area contributed by atoms with E-state index in [1.807, 2.05) is 47.9 Å². The fraction of sp³-hybridized carbons (Fsp3) is 0.125. The molecule has 104 valence electrons. The molecule has 4 nitrogen and oxygen atoms in total. The number of aromatic nitrogens is 2. The lowest BCUT2D eigenvalue weighted by Gasteiger charge is -2.07. The molecule has 0 aliphatic heterocycles. The fourth-order valence-corrected chi connectivity index (χ4v) is 2.68. The van der Waals surface area contributed by atoms with Crippen LogP contribution in [0, 0.1) is 16.1 Å². The lowest BCUT2D eigenvalue weighted by atomic mass is 10.2. The van der Waals surface area contributed by atoms with Crippen molar-refractivity contribution in [3.05, 3.63) is 52.8 Å². The summed E-state index contributed by atoms with van der Waals surface area (Å²) in [5.41, 5.74) is 3.09. The Hall–Kier alpha value is -2.58. The maximum absolute atomic E-state index is 9.29. The smallest absolute Gasteiger partial charge is 0.182 e. The number of H-pyrrole nitrogens is 1. The van der Waals surface area contributed by atoms with E-state index in [2.05, 4.69) is 11.1 Å². The van der Waals surface area contributed by atoms with Crippen molar-refractivity contribution in [2.24, 2.45) is 0 Å². The van der Waals surface area contributed by atoms with Gasteiger partial charge in [0.25, 0.3) is 0 Å². The lowest BCUT2D eigenvalue weighted by molar-refractivity contribution is 0.343. The van der Waals surface area contributed by atoms with Crippen LogP contribution in [0.1, 0.15) is 12.5 Å². The van der Waals surface area contributed by atoms with Crippen LogP contribution in [0.3, 0.4) is 0 Å². The standard InChI is InChI=1S/C16H13N3OS/c1-2-20-14-9-5-8-13-15(14)18-16(21)19(13)12-7-4-3-6-11(12)10-17/h3-9H,2H2,1H3,(H,18,21). The zero-order valence-corrected chi connectivity index (χ0v) is 12.3. The third-order valence-electron chi connectivity index (χ3n) is 3.25. The summed E-state index contributed by atoms with van der Waals surface area (Å²) in [5.74, 6) is 0.759. The SMILES string of the molecule is CCOc1cccc2c1[nH]c(=S)n2-c1ccccc1C#N. The van der Waals surface area contributed by atoms with Crippen LogP contribution in [-0.4, -0.2) is 16.2 Å². The Bertz CT molecular complexity index is 902. The maximum Gasteiger partial charge on any atom is 0.182 e. The summed E-state index contributed by atoms with van der Waals surface area (Å²) in [5, 5.41) is 9.29. The number of ether oxygens (including phenoxy) is 1.